The fourth-order valence-electron chi connectivity index (χ4n) is 4.68. The molecule has 0 aliphatic carbocycles. The summed E-state index contributed by atoms with van der Waals surface area (Å²) in [4.78, 5) is 44.0. The number of carbonyl (C=O) groups is 3. The van der Waals surface area contributed by atoms with Gasteiger partial charge < -0.3 is 19.4 Å². The molecule has 27 heavy (non-hydrogen) atoms. The number of carbonyl (C=O) groups excluding carboxylic acids is 3. The van der Waals surface area contributed by atoms with Crippen LogP contribution < -0.4 is 0 Å². The monoisotopic (exact) mass is 379 g/mol. The summed E-state index contributed by atoms with van der Waals surface area (Å²) in [6, 6.07) is 0. The summed E-state index contributed by atoms with van der Waals surface area (Å²) < 4.78 is 5.40. The van der Waals surface area contributed by atoms with Gasteiger partial charge in [-0.2, -0.15) is 0 Å². The molecule has 0 bridgehead atoms. The smallest absolute Gasteiger partial charge is 0.225 e. The van der Waals surface area contributed by atoms with Gasteiger partial charge in [0, 0.05) is 76.2 Å². The third-order valence-electron chi connectivity index (χ3n) is 6.17. The van der Waals surface area contributed by atoms with E-state index >= 15 is 0 Å². The average Bonchev–Trinajstić information content (AvgIpc) is 2.86. The van der Waals surface area contributed by atoms with Crippen molar-refractivity contribution < 1.29 is 19.1 Å². The van der Waals surface area contributed by atoms with E-state index in [0.717, 1.165) is 12.8 Å². The predicted octanol–water partition coefficient (Wildman–Crippen LogP) is 0.978. The molecule has 3 fully saturated rings. The molecule has 0 aromatic rings. The summed E-state index contributed by atoms with van der Waals surface area (Å²) in [5.74, 6) is 0.326. The number of ether oxygens (including phenoxy) is 1. The largest absolute Gasteiger partial charge is 0.381 e. The number of likely N-dealkylation sites (tertiary alicyclic amines) is 1. The maximum Gasteiger partial charge on any atom is 0.225 e. The van der Waals surface area contributed by atoms with Crippen molar-refractivity contribution in [1.29, 1.82) is 0 Å². The Morgan fingerprint density at radius 3 is 2.33 bits per heavy atom. The highest BCUT2D eigenvalue weighted by atomic mass is 16.5. The lowest BCUT2D eigenvalue weighted by Gasteiger charge is -2.35. The van der Waals surface area contributed by atoms with Crippen molar-refractivity contribution in [3.05, 3.63) is 0 Å². The topological polar surface area (TPSA) is 70.2 Å². The van der Waals surface area contributed by atoms with Crippen molar-refractivity contribution in [2.24, 2.45) is 17.3 Å². The predicted molar refractivity (Wildman–Crippen MR) is 101 cm³/mol. The lowest BCUT2D eigenvalue weighted by atomic mass is 9.85. The standard InChI is InChI=1S/C20H33N3O4/c1-4-21-12-20(11-17(21)24)13-22(18(25)15(2)3)7-8-23(14-20)19(26)16-5-9-27-10-6-16/h15-16H,4-14H2,1-3H3/t20-/m0/s1. The van der Waals surface area contributed by atoms with E-state index in [-0.39, 0.29) is 35.0 Å². The molecule has 3 heterocycles. The van der Waals surface area contributed by atoms with Gasteiger partial charge in [-0.05, 0) is 19.8 Å². The third-order valence-corrected chi connectivity index (χ3v) is 6.17. The number of rotatable bonds is 3. The first-order valence-corrected chi connectivity index (χ1v) is 10.3. The van der Waals surface area contributed by atoms with E-state index in [2.05, 4.69) is 0 Å². The average molecular weight is 380 g/mol. The van der Waals surface area contributed by atoms with Crippen LogP contribution in [-0.2, 0) is 19.1 Å². The molecule has 1 atom stereocenters. The van der Waals surface area contributed by atoms with Gasteiger partial charge in [-0.15, -0.1) is 0 Å². The molecule has 0 N–H and O–H groups in total. The maximum atomic E-state index is 13.2. The van der Waals surface area contributed by atoms with Crippen molar-refractivity contribution >= 4 is 17.7 Å². The molecule has 1 spiro atoms. The molecule has 0 aromatic carbocycles. The van der Waals surface area contributed by atoms with Crippen LogP contribution in [0.1, 0.15) is 40.0 Å². The third kappa shape index (κ3) is 4.28. The second-order valence-corrected chi connectivity index (χ2v) is 8.65. The molecule has 0 aromatic heterocycles. The summed E-state index contributed by atoms with van der Waals surface area (Å²) in [6.45, 7) is 10.6. The van der Waals surface area contributed by atoms with E-state index in [4.69, 9.17) is 4.74 Å². The Morgan fingerprint density at radius 1 is 1.11 bits per heavy atom. The van der Waals surface area contributed by atoms with Crippen LogP contribution in [0.3, 0.4) is 0 Å². The minimum Gasteiger partial charge on any atom is -0.381 e. The second-order valence-electron chi connectivity index (χ2n) is 8.65. The minimum absolute atomic E-state index is 0.00235. The van der Waals surface area contributed by atoms with Crippen molar-refractivity contribution in [3.8, 4) is 0 Å². The fourth-order valence-corrected chi connectivity index (χ4v) is 4.68. The Morgan fingerprint density at radius 2 is 1.74 bits per heavy atom. The van der Waals surface area contributed by atoms with Crippen molar-refractivity contribution in [3.63, 3.8) is 0 Å². The number of nitrogens with zero attached hydrogens (tertiary/aromatic N) is 3. The van der Waals surface area contributed by atoms with E-state index in [9.17, 15) is 14.4 Å². The van der Waals surface area contributed by atoms with Gasteiger partial charge in [-0.1, -0.05) is 13.8 Å². The zero-order valence-electron chi connectivity index (χ0n) is 16.9. The Bertz CT molecular complexity index is 588. The van der Waals surface area contributed by atoms with Crippen LogP contribution >= 0.6 is 0 Å². The molecule has 3 aliphatic heterocycles. The molecule has 3 amide bonds. The first kappa shape index (κ1) is 20.1. The molecule has 0 unspecified atom stereocenters. The van der Waals surface area contributed by atoms with E-state index in [1.807, 2.05) is 35.5 Å². The zero-order chi connectivity index (χ0) is 19.6. The second kappa shape index (κ2) is 8.17. The Balaban J connectivity index is 1.82. The van der Waals surface area contributed by atoms with Crippen molar-refractivity contribution in [2.45, 2.75) is 40.0 Å². The van der Waals surface area contributed by atoms with E-state index in [0.29, 0.717) is 58.9 Å². The summed E-state index contributed by atoms with van der Waals surface area (Å²) in [5.41, 5.74) is -0.352. The zero-order valence-corrected chi connectivity index (χ0v) is 16.9. The van der Waals surface area contributed by atoms with Gasteiger partial charge in [0.05, 0.1) is 0 Å². The van der Waals surface area contributed by atoms with Gasteiger partial charge in [0.1, 0.15) is 0 Å². The normalized spacial score (nSPS) is 27.6. The molecule has 3 saturated heterocycles. The molecule has 7 nitrogen and oxygen atoms in total. The molecule has 3 aliphatic rings. The van der Waals surface area contributed by atoms with Crippen LogP contribution in [0.2, 0.25) is 0 Å². The summed E-state index contributed by atoms with van der Waals surface area (Å²) in [6.07, 6.45) is 1.94. The van der Waals surface area contributed by atoms with E-state index in [1.165, 1.54) is 0 Å². The summed E-state index contributed by atoms with van der Waals surface area (Å²) >= 11 is 0. The van der Waals surface area contributed by atoms with E-state index in [1.54, 1.807) is 0 Å². The Hall–Kier alpha value is -1.63. The molecule has 7 heteroatoms. The van der Waals surface area contributed by atoms with Crippen LogP contribution in [0.4, 0.5) is 0 Å². The number of hydrogen-bond donors (Lipinski definition) is 0. The molecule has 3 rings (SSSR count). The fraction of sp³-hybridized carbons (Fsp3) is 0.850. The SMILES string of the molecule is CCN1C[C@@]2(CC1=O)CN(C(=O)C(C)C)CCN(C(=O)C1CCOCC1)C2. The van der Waals surface area contributed by atoms with Gasteiger partial charge in [-0.3, -0.25) is 14.4 Å². The number of hydrogen-bond acceptors (Lipinski definition) is 4. The maximum absolute atomic E-state index is 13.2. The molecular weight excluding hydrogens is 346 g/mol. The lowest BCUT2D eigenvalue weighted by molar-refractivity contribution is -0.140. The minimum atomic E-state index is -0.352. The Kier molecular flexibility index (Phi) is 6.08. The highest BCUT2D eigenvalue weighted by molar-refractivity contribution is 5.82. The van der Waals surface area contributed by atoms with Crippen molar-refractivity contribution in [2.75, 3.05) is 52.5 Å². The van der Waals surface area contributed by atoms with Crippen LogP contribution in [0, 0.1) is 17.3 Å². The van der Waals surface area contributed by atoms with Crippen LogP contribution in [0.25, 0.3) is 0 Å². The highest BCUT2D eigenvalue weighted by Gasteiger charge is 2.48. The van der Waals surface area contributed by atoms with Crippen LogP contribution in [0.15, 0.2) is 0 Å². The first-order valence-electron chi connectivity index (χ1n) is 10.3. The molecule has 152 valence electrons. The Labute approximate surface area is 162 Å². The van der Waals surface area contributed by atoms with Crippen molar-refractivity contribution in [1.82, 2.24) is 14.7 Å². The van der Waals surface area contributed by atoms with Gasteiger partial charge >= 0.3 is 0 Å². The highest BCUT2D eigenvalue weighted by Crippen LogP contribution is 2.36. The first-order chi connectivity index (χ1) is 12.8. The van der Waals surface area contributed by atoms with E-state index < -0.39 is 0 Å². The lowest BCUT2D eigenvalue weighted by Crippen LogP contribution is -2.47. The molecular formula is C20H33N3O4. The van der Waals surface area contributed by atoms with Crippen LogP contribution in [0.5, 0.6) is 0 Å². The van der Waals surface area contributed by atoms with Gasteiger partial charge in [-0.25, -0.2) is 0 Å². The van der Waals surface area contributed by atoms with Gasteiger partial charge in [0.2, 0.25) is 17.7 Å². The molecule has 0 saturated carbocycles. The van der Waals surface area contributed by atoms with Gasteiger partial charge in [0.15, 0.2) is 0 Å². The summed E-state index contributed by atoms with van der Waals surface area (Å²) in [5, 5.41) is 0. The van der Waals surface area contributed by atoms with Crippen LogP contribution in [-0.4, -0.2) is 84.9 Å². The summed E-state index contributed by atoms with van der Waals surface area (Å²) in [7, 11) is 0. The van der Waals surface area contributed by atoms with Gasteiger partial charge in [0.25, 0.3) is 0 Å². The quantitative estimate of drug-likeness (QED) is 0.733. The molecule has 0 radical (unpaired) electrons. The number of amides is 3.